The minimum atomic E-state index is -3.56. The molecule has 0 aliphatic heterocycles. The quantitative estimate of drug-likeness (QED) is 0.569. The maximum atomic E-state index is 12.3. The maximum Gasteiger partial charge on any atom is 0.291 e. The van der Waals surface area contributed by atoms with Gasteiger partial charge in [-0.25, -0.2) is 13.1 Å². The number of furan rings is 1. The smallest absolute Gasteiger partial charge is 0.291 e. The molecule has 0 spiro atoms. The highest BCUT2D eigenvalue weighted by molar-refractivity contribution is 7.88. The highest BCUT2D eigenvalue weighted by atomic mass is 35.5. The van der Waals surface area contributed by atoms with Crippen LogP contribution < -0.4 is 10.0 Å². The minimum Gasteiger partial charge on any atom is -0.459 e. The van der Waals surface area contributed by atoms with E-state index in [0.717, 1.165) is 5.56 Å². The lowest BCUT2D eigenvalue weighted by atomic mass is 10.2. The zero-order chi connectivity index (χ0) is 20.1. The topological polar surface area (TPSA) is 88.4 Å². The van der Waals surface area contributed by atoms with Crippen molar-refractivity contribution in [2.45, 2.75) is 12.3 Å². The van der Waals surface area contributed by atoms with E-state index in [1.807, 2.05) is 0 Å². The molecule has 0 radical (unpaired) electrons. The molecule has 0 atom stereocenters. The second-order valence-electron chi connectivity index (χ2n) is 5.96. The van der Waals surface area contributed by atoms with E-state index < -0.39 is 10.0 Å². The summed E-state index contributed by atoms with van der Waals surface area (Å²) in [6.45, 7) is 0.121. The average Bonchev–Trinajstić information content (AvgIpc) is 3.19. The maximum absolute atomic E-state index is 12.3. The number of hydrogen-bond acceptors (Lipinski definition) is 4. The summed E-state index contributed by atoms with van der Waals surface area (Å²) in [4.78, 5) is 11.9. The zero-order valence-electron chi connectivity index (χ0n) is 14.5. The van der Waals surface area contributed by atoms with Gasteiger partial charge in [0.1, 0.15) is 0 Å². The van der Waals surface area contributed by atoms with Crippen molar-refractivity contribution in [3.63, 3.8) is 0 Å². The Balaban J connectivity index is 1.56. The molecule has 3 aromatic rings. The van der Waals surface area contributed by atoms with Crippen LogP contribution in [0.1, 0.15) is 21.7 Å². The predicted octanol–water partition coefficient (Wildman–Crippen LogP) is 4.46. The van der Waals surface area contributed by atoms with Gasteiger partial charge in [0.25, 0.3) is 5.91 Å². The van der Waals surface area contributed by atoms with Crippen LogP contribution in [0.15, 0.2) is 65.3 Å². The van der Waals surface area contributed by atoms with Gasteiger partial charge in [-0.1, -0.05) is 41.4 Å². The van der Waals surface area contributed by atoms with Crippen molar-refractivity contribution < 1.29 is 17.6 Å². The molecule has 3 rings (SSSR count). The SMILES string of the molecule is O=C(Nc1ccc(CNS(=O)(=O)Cc2ccc(Cl)c(Cl)c2)cc1)c1ccco1. The summed E-state index contributed by atoms with van der Waals surface area (Å²) in [5.74, 6) is -0.361. The Kier molecular flexibility index (Phi) is 6.41. The van der Waals surface area contributed by atoms with Gasteiger partial charge < -0.3 is 9.73 Å². The van der Waals surface area contributed by atoms with Gasteiger partial charge in [0.2, 0.25) is 10.0 Å². The van der Waals surface area contributed by atoms with Gasteiger partial charge >= 0.3 is 0 Å². The van der Waals surface area contributed by atoms with Crippen molar-refractivity contribution in [1.29, 1.82) is 0 Å². The van der Waals surface area contributed by atoms with Crippen molar-refractivity contribution in [2.24, 2.45) is 0 Å². The van der Waals surface area contributed by atoms with Gasteiger partial charge in [-0.2, -0.15) is 0 Å². The molecule has 0 saturated heterocycles. The van der Waals surface area contributed by atoms with E-state index in [2.05, 4.69) is 10.0 Å². The Morgan fingerprint density at radius 2 is 1.68 bits per heavy atom. The Hall–Kier alpha value is -2.32. The van der Waals surface area contributed by atoms with Crippen LogP contribution in [0.2, 0.25) is 10.0 Å². The first kappa shape index (κ1) is 20.4. The van der Waals surface area contributed by atoms with Crippen molar-refractivity contribution in [2.75, 3.05) is 5.32 Å². The molecule has 1 aromatic heterocycles. The Labute approximate surface area is 172 Å². The molecule has 1 heterocycles. The number of nitrogens with one attached hydrogen (secondary N) is 2. The van der Waals surface area contributed by atoms with E-state index in [1.165, 1.54) is 12.3 Å². The highest BCUT2D eigenvalue weighted by Gasteiger charge is 2.13. The van der Waals surface area contributed by atoms with Crippen molar-refractivity contribution in [3.05, 3.63) is 87.8 Å². The molecule has 0 bridgehead atoms. The van der Waals surface area contributed by atoms with Gasteiger partial charge in [0.05, 0.1) is 22.1 Å². The summed E-state index contributed by atoms with van der Waals surface area (Å²) in [5, 5.41) is 3.37. The fourth-order valence-electron chi connectivity index (χ4n) is 2.40. The average molecular weight is 439 g/mol. The zero-order valence-corrected chi connectivity index (χ0v) is 16.8. The summed E-state index contributed by atoms with van der Waals surface area (Å²) in [6.07, 6.45) is 1.42. The standard InChI is InChI=1S/C19H16Cl2N2O4S/c20-16-8-5-14(10-17(16)21)12-28(25,26)22-11-13-3-6-15(7-4-13)23-19(24)18-2-1-9-27-18/h1-10,22H,11-12H2,(H,23,24). The highest BCUT2D eigenvalue weighted by Crippen LogP contribution is 2.23. The summed E-state index contributed by atoms with van der Waals surface area (Å²) in [6, 6.07) is 14.7. The second-order valence-corrected chi connectivity index (χ2v) is 8.58. The molecule has 28 heavy (non-hydrogen) atoms. The third-order valence-corrected chi connectivity index (χ3v) is 5.83. The molecular weight excluding hydrogens is 423 g/mol. The fraction of sp³-hybridized carbons (Fsp3) is 0.105. The van der Waals surface area contributed by atoms with Crippen LogP contribution in [-0.2, 0) is 22.3 Å². The van der Waals surface area contributed by atoms with Crippen LogP contribution in [0.5, 0.6) is 0 Å². The van der Waals surface area contributed by atoms with Crippen LogP contribution in [0.25, 0.3) is 0 Å². The lowest BCUT2D eigenvalue weighted by Crippen LogP contribution is -2.24. The molecule has 6 nitrogen and oxygen atoms in total. The molecule has 146 valence electrons. The van der Waals surface area contributed by atoms with E-state index in [4.69, 9.17) is 27.6 Å². The van der Waals surface area contributed by atoms with Crippen LogP contribution in [0, 0.1) is 0 Å². The number of halogens is 2. The summed E-state index contributed by atoms with van der Waals surface area (Å²) in [7, 11) is -3.56. The third-order valence-electron chi connectivity index (χ3n) is 3.79. The first-order valence-electron chi connectivity index (χ1n) is 8.17. The van der Waals surface area contributed by atoms with Crippen molar-refractivity contribution in [1.82, 2.24) is 4.72 Å². The number of amides is 1. The van der Waals surface area contributed by atoms with E-state index in [-0.39, 0.29) is 24.0 Å². The number of carbonyl (C=O) groups excluding carboxylic acids is 1. The predicted molar refractivity (Wildman–Crippen MR) is 109 cm³/mol. The Morgan fingerprint density at radius 3 is 2.32 bits per heavy atom. The lowest BCUT2D eigenvalue weighted by molar-refractivity contribution is 0.0996. The number of hydrogen-bond donors (Lipinski definition) is 2. The van der Waals surface area contributed by atoms with Gasteiger partial charge in [-0.05, 0) is 47.5 Å². The minimum absolute atomic E-state index is 0.121. The van der Waals surface area contributed by atoms with E-state index in [9.17, 15) is 13.2 Å². The monoisotopic (exact) mass is 438 g/mol. The molecule has 0 aliphatic carbocycles. The molecular formula is C19H16Cl2N2O4S. The first-order chi connectivity index (χ1) is 13.3. The molecule has 9 heteroatoms. The summed E-state index contributed by atoms with van der Waals surface area (Å²) in [5.41, 5.74) is 1.86. The number of benzene rings is 2. The van der Waals surface area contributed by atoms with E-state index in [0.29, 0.717) is 21.3 Å². The fourth-order valence-corrected chi connectivity index (χ4v) is 3.83. The second kappa shape index (κ2) is 8.79. The van der Waals surface area contributed by atoms with E-state index >= 15 is 0 Å². The lowest BCUT2D eigenvalue weighted by Gasteiger charge is -2.09. The van der Waals surface area contributed by atoms with Crippen LogP contribution in [-0.4, -0.2) is 14.3 Å². The molecule has 0 saturated carbocycles. The normalized spacial score (nSPS) is 11.4. The number of anilines is 1. The molecule has 0 unspecified atom stereocenters. The van der Waals surface area contributed by atoms with Crippen molar-refractivity contribution in [3.8, 4) is 0 Å². The number of carbonyl (C=O) groups is 1. The number of sulfonamides is 1. The van der Waals surface area contributed by atoms with E-state index in [1.54, 1.807) is 48.5 Å². The van der Waals surface area contributed by atoms with Gasteiger partial charge in [0, 0.05) is 12.2 Å². The molecule has 2 aromatic carbocycles. The largest absolute Gasteiger partial charge is 0.459 e. The molecule has 1 amide bonds. The summed E-state index contributed by atoms with van der Waals surface area (Å²) < 4.78 is 32.1. The van der Waals surface area contributed by atoms with Crippen LogP contribution >= 0.6 is 23.2 Å². The summed E-state index contributed by atoms with van der Waals surface area (Å²) >= 11 is 11.8. The third kappa shape index (κ3) is 5.59. The van der Waals surface area contributed by atoms with Gasteiger partial charge in [0.15, 0.2) is 5.76 Å². The Bertz CT molecular complexity index is 1070. The Morgan fingerprint density at radius 1 is 0.964 bits per heavy atom. The van der Waals surface area contributed by atoms with Gasteiger partial charge in [-0.15, -0.1) is 0 Å². The molecule has 2 N–H and O–H groups in total. The van der Waals surface area contributed by atoms with Crippen molar-refractivity contribution >= 4 is 44.8 Å². The first-order valence-corrected chi connectivity index (χ1v) is 10.6. The van der Waals surface area contributed by atoms with Gasteiger partial charge in [-0.3, -0.25) is 4.79 Å². The molecule has 0 fully saturated rings. The number of rotatable bonds is 7. The van der Waals surface area contributed by atoms with Crippen LogP contribution in [0.4, 0.5) is 5.69 Å². The van der Waals surface area contributed by atoms with Crippen LogP contribution in [0.3, 0.4) is 0 Å². The molecule has 0 aliphatic rings.